The fraction of sp³-hybridized carbons (Fsp3) is 0. The molecule has 5 aromatic carbocycles. The minimum absolute atomic E-state index is 0.237. The smallest absolute Gasteiger partial charge is 0.166 e. The summed E-state index contributed by atoms with van der Waals surface area (Å²) < 4.78 is 40.2. The van der Waals surface area contributed by atoms with Crippen molar-refractivity contribution in [3.05, 3.63) is 139 Å². The highest BCUT2D eigenvalue weighted by molar-refractivity contribution is 8.00. The summed E-state index contributed by atoms with van der Waals surface area (Å²) in [6.07, 6.45) is 0. The van der Waals surface area contributed by atoms with Gasteiger partial charge in [-0.25, -0.2) is 13.2 Å². The van der Waals surface area contributed by atoms with E-state index in [0.717, 1.165) is 34.3 Å². The van der Waals surface area contributed by atoms with E-state index in [1.807, 2.05) is 0 Å². The maximum absolute atomic E-state index is 13.6. The number of benzene rings is 5. The first kappa shape index (κ1) is 24.6. The molecule has 0 N–H and O–H groups in total. The second-order valence-corrected chi connectivity index (χ2v) is 12.1. The van der Waals surface area contributed by atoms with E-state index in [-0.39, 0.29) is 17.5 Å². The first-order valence-corrected chi connectivity index (χ1v) is 14.0. The van der Waals surface area contributed by atoms with Crippen LogP contribution in [-0.4, -0.2) is 0 Å². The van der Waals surface area contributed by atoms with Gasteiger partial charge in [-0.05, 0) is 121 Å². The van der Waals surface area contributed by atoms with Crippen molar-refractivity contribution >= 4 is 34.4 Å². The first-order valence-electron chi connectivity index (χ1n) is 11.1. The Morgan fingerprint density at radius 1 is 0.333 bits per heavy atom. The van der Waals surface area contributed by atoms with Crippen LogP contribution < -0.4 is 0 Å². The van der Waals surface area contributed by atoms with Crippen LogP contribution in [0.2, 0.25) is 0 Å². The van der Waals surface area contributed by atoms with Crippen molar-refractivity contribution in [2.24, 2.45) is 0 Å². The van der Waals surface area contributed by atoms with Crippen LogP contribution in [0, 0.1) is 17.5 Å². The molecule has 5 aromatic rings. The maximum atomic E-state index is 13.6. The molecule has 0 fully saturated rings. The summed E-state index contributed by atoms with van der Waals surface area (Å²) in [5.41, 5.74) is 0. The van der Waals surface area contributed by atoms with Gasteiger partial charge in [0.15, 0.2) is 14.7 Å². The molecule has 0 amide bonds. The monoisotopic (exact) mass is 533 g/mol. The fourth-order valence-electron chi connectivity index (χ4n) is 3.54. The van der Waals surface area contributed by atoms with Crippen LogP contribution in [-0.2, 0) is 10.9 Å². The normalized spacial score (nSPS) is 11.1. The highest BCUT2D eigenvalue weighted by atomic mass is 32.2. The van der Waals surface area contributed by atoms with Crippen LogP contribution in [0.3, 0.4) is 0 Å². The molecule has 178 valence electrons. The van der Waals surface area contributed by atoms with Crippen molar-refractivity contribution < 1.29 is 13.2 Å². The number of halogens is 3. The van der Waals surface area contributed by atoms with Gasteiger partial charge in [-0.2, -0.15) is 0 Å². The first-order chi connectivity index (χ1) is 17.5. The van der Waals surface area contributed by atoms with Gasteiger partial charge < -0.3 is 0 Å². The van der Waals surface area contributed by atoms with Gasteiger partial charge in [0.1, 0.15) is 17.5 Å². The van der Waals surface area contributed by atoms with Crippen molar-refractivity contribution in [2.45, 2.75) is 34.3 Å². The summed E-state index contributed by atoms with van der Waals surface area (Å²) in [6.45, 7) is 0. The zero-order valence-corrected chi connectivity index (χ0v) is 21.4. The lowest BCUT2D eigenvalue weighted by Crippen LogP contribution is -2.05. The zero-order chi connectivity index (χ0) is 24.9. The molecule has 0 spiro atoms. The summed E-state index contributed by atoms with van der Waals surface area (Å²) in [5.74, 6) is -0.801. The average molecular weight is 534 g/mol. The molecule has 0 aliphatic carbocycles. The lowest BCUT2D eigenvalue weighted by Gasteiger charge is -2.09. The average Bonchev–Trinajstić information content (AvgIpc) is 2.90. The molecule has 0 unspecified atom stereocenters. The Labute approximate surface area is 219 Å². The van der Waals surface area contributed by atoms with Crippen molar-refractivity contribution in [1.29, 1.82) is 0 Å². The molecule has 0 aliphatic heterocycles. The van der Waals surface area contributed by atoms with Gasteiger partial charge in [-0.15, -0.1) is 0 Å². The molecule has 5 rings (SSSR count). The largest absolute Gasteiger partial charge is 0.207 e. The molecule has 0 heterocycles. The predicted octanol–water partition coefficient (Wildman–Crippen LogP) is 9.50. The number of rotatable bonds is 7. The topological polar surface area (TPSA) is 0 Å². The molecule has 0 nitrogen and oxygen atoms in total. The summed E-state index contributed by atoms with van der Waals surface area (Å²) in [7, 11) is -0.479. The minimum atomic E-state index is -0.479. The maximum Gasteiger partial charge on any atom is 0.166 e. The summed E-state index contributed by atoms with van der Waals surface area (Å²) in [5, 5.41) is 0. The minimum Gasteiger partial charge on any atom is -0.207 e. The molecular weight excluding hydrogens is 514 g/mol. The highest BCUT2D eigenvalue weighted by Gasteiger charge is 2.28. The predicted molar refractivity (Wildman–Crippen MR) is 142 cm³/mol. The van der Waals surface area contributed by atoms with Crippen LogP contribution in [0.25, 0.3) is 0 Å². The van der Waals surface area contributed by atoms with Crippen molar-refractivity contribution in [1.82, 2.24) is 0 Å². The van der Waals surface area contributed by atoms with Gasteiger partial charge >= 0.3 is 0 Å². The molecule has 36 heavy (non-hydrogen) atoms. The van der Waals surface area contributed by atoms with E-state index in [0.29, 0.717) is 0 Å². The lowest BCUT2D eigenvalue weighted by atomic mass is 10.3. The second-order valence-electron chi connectivity index (χ2n) is 7.81. The Bertz CT molecular complexity index is 1370. The van der Waals surface area contributed by atoms with Crippen LogP contribution in [0.15, 0.2) is 156 Å². The summed E-state index contributed by atoms with van der Waals surface area (Å²) in [6, 6.07) is 36.1. The SMILES string of the molecule is Fc1ccc(Sc2ccc(Sc3ccc([S+](c4ccc(F)cc4)c4ccc(F)cc4)cc3)cc2)cc1. The van der Waals surface area contributed by atoms with Gasteiger partial charge in [0, 0.05) is 19.6 Å². The number of hydrogen-bond donors (Lipinski definition) is 0. The molecule has 0 atom stereocenters. The van der Waals surface area contributed by atoms with E-state index in [1.54, 1.807) is 59.9 Å². The standard InChI is InChI=1S/C30H20F3S3/c31-21-1-7-24(8-2-21)34-25-9-11-26(12-10-25)35-27-13-19-30(20-14-27)36(28-15-3-22(32)4-16-28)29-17-5-23(33)6-18-29/h1-20H/q+1. The molecule has 0 bridgehead atoms. The third-order valence-electron chi connectivity index (χ3n) is 5.27. The Balaban J connectivity index is 1.33. The molecular formula is C30H20F3S3+. The van der Waals surface area contributed by atoms with E-state index in [4.69, 9.17) is 0 Å². The summed E-state index contributed by atoms with van der Waals surface area (Å²) in [4.78, 5) is 7.30. The number of hydrogen-bond acceptors (Lipinski definition) is 2. The third kappa shape index (κ3) is 6.19. The second kappa shape index (κ2) is 11.3. The van der Waals surface area contributed by atoms with Crippen LogP contribution in [0.1, 0.15) is 0 Å². The fourth-order valence-corrected chi connectivity index (χ4v) is 7.22. The van der Waals surface area contributed by atoms with Crippen LogP contribution >= 0.6 is 23.5 Å². The molecule has 0 saturated carbocycles. The van der Waals surface area contributed by atoms with E-state index in [9.17, 15) is 13.2 Å². The van der Waals surface area contributed by atoms with Gasteiger partial charge in [0.25, 0.3) is 0 Å². The van der Waals surface area contributed by atoms with Gasteiger partial charge in [-0.1, -0.05) is 23.5 Å². The molecule has 0 saturated heterocycles. The van der Waals surface area contributed by atoms with E-state index in [2.05, 4.69) is 48.5 Å². The van der Waals surface area contributed by atoms with Crippen molar-refractivity contribution in [3.63, 3.8) is 0 Å². The Hall–Kier alpha value is -3.06. The molecule has 6 heteroatoms. The van der Waals surface area contributed by atoms with Crippen molar-refractivity contribution in [3.8, 4) is 0 Å². The molecule has 0 aliphatic rings. The Morgan fingerprint density at radius 2 is 0.556 bits per heavy atom. The van der Waals surface area contributed by atoms with Gasteiger partial charge in [-0.3, -0.25) is 0 Å². The third-order valence-corrected chi connectivity index (χ3v) is 9.53. The quantitative estimate of drug-likeness (QED) is 0.191. The Kier molecular flexibility index (Phi) is 7.75. The van der Waals surface area contributed by atoms with Gasteiger partial charge in [0.2, 0.25) is 0 Å². The zero-order valence-electron chi connectivity index (χ0n) is 18.9. The van der Waals surface area contributed by atoms with Crippen LogP contribution in [0.5, 0.6) is 0 Å². The highest BCUT2D eigenvalue weighted by Crippen LogP contribution is 2.35. The Morgan fingerprint density at radius 3 is 0.889 bits per heavy atom. The van der Waals surface area contributed by atoms with E-state index < -0.39 is 10.9 Å². The molecule has 0 aromatic heterocycles. The van der Waals surface area contributed by atoms with E-state index >= 15 is 0 Å². The molecule has 0 radical (unpaired) electrons. The summed E-state index contributed by atoms with van der Waals surface area (Å²) >= 11 is 3.26. The van der Waals surface area contributed by atoms with Crippen molar-refractivity contribution in [2.75, 3.05) is 0 Å². The lowest BCUT2D eigenvalue weighted by molar-refractivity contribution is 0.626. The van der Waals surface area contributed by atoms with Crippen LogP contribution in [0.4, 0.5) is 13.2 Å². The van der Waals surface area contributed by atoms with Gasteiger partial charge in [0.05, 0.1) is 10.9 Å². The van der Waals surface area contributed by atoms with E-state index in [1.165, 1.54) is 36.4 Å².